The van der Waals surface area contributed by atoms with Gasteiger partial charge in [-0.25, -0.2) is 0 Å². The van der Waals surface area contributed by atoms with Gasteiger partial charge >= 0.3 is 5.97 Å². The first-order chi connectivity index (χ1) is 7.54. The van der Waals surface area contributed by atoms with Crippen LogP contribution < -0.4 is 0 Å². The van der Waals surface area contributed by atoms with E-state index in [4.69, 9.17) is 5.11 Å². The average Bonchev–Trinajstić information content (AvgIpc) is 2.20. The van der Waals surface area contributed by atoms with Crippen LogP contribution in [-0.4, -0.2) is 15.5 Å². The molecule has 88 valence electrons. The molecule has 0 fully saturated rings. The highest BCUT2D eigenvalue weighted by Crippen LogP contribution is 2.20. The molecule has 1 rings (SSSR count). The molecule has 0 aliphatic rings. The van der Waals surface area contributed by atoms with E-state index in [0.29, 0.717) is 10.3 Å². The van der Waals surface area contributed by atoms with Crippen LogP contribution in [-0.2, 0) is 11.2 Å². The minimum Gasteiger partial charge on any atom is -0.481 e. The van der Waals surface area contributed by atoms with Gasteiger partial charge in [-0.05, 0) is 23.5 Å². The molecule has 1 N–H and O–H groups in total. The Morgan fingerprint density at radius 3 is 2.25 bits per heavy atom. The maximum absolute atomic E-state index is 11.0. The summed E-state index contributed by atoms with van der Waals surface area (Å²) in [4.78, 5) is 11.0. The SMILES string of the molecule is CC(C)Cc1ccc(C(CI)C(=O)O)cc1. The quantitative estimate of drug-likeness (QED) is 0.662. The number of hydrogen-bond donors (Lipinski definition) is 1. The van der Waals surface area contributed by atoms with Crippen molar-refractivity contribution in [1.29, 1.82) is 0 Å². The van der Waals surface area contributed by atoms with Crippen molar-refractivity contribution in [3.63, 3.8) is 0 Å². The topological polar surface area (TPSA) is 37.3 Å². The highest BCUT2D eigenvalue weighted by molar-refractivity contribution is 14.1. The number of halogens is 1. The molecular formula is C13H17IO2. The molecule has 0 bridgehead atoms. The number of rotatable bonds is 5. The number of benzene rings is 1. The van der Waals surface area contributed by atoms with Gasteiger partial charge < -0.3 is 5.11 Å². The fourth-order valence-corrected chi connectivity index (χ4v) is 2.54. The summed E-state index contributed by atoms with van der Waals surface area (Å²) in [7, 11) is 0. The molecule has 0 saturated carbocycles. The Morgan fingerprint density at radius 1 is 1.31 bits per heavy atom. The molecule has 1 aromatic carbocycles. The summed E-state index contributed by atoms with van der Waals surface area (Å²) in [5, 5.41) is 9.04. The number of carboxylic acids is 1. The molecule has 0 heterocycles. The minimum absolute atomic E-state index is 0.381. The Labute approximate surface area is 110 Å². The van der Waals surface area contributed by atoms with E-state index in [1.807, 2.05) is 24.3 Å². The molecule has 0 aromatic heterocycles. The van der Waals surface area contributed by atoms with E-state index >= 15 is 0 Å². The van der Waals surface area contributed by atoms with Crippen molar-refractivity contribution in [1.82, 2.24) is 0 Å². The Bertz CT molecular complexity index is 343. The number of aliphatic carboxylic acids is 1. The first-order valence-electron chi connectivity index (χ1n) is 5.42. The molecule has 0 radical (unpaired) electrons. The van der Waals surface area contributed by atoms with Crippen LogP contribution in [0.5, 0.6) is 0 Å². The van der Waals surface area contributed by atoms with Crippen molar-refractivity contribution in [2.24, 2.45) is 5.92 Å². The fourth-order valence-electron chi connectivity index (χ4n) is 1.66. The summed E-state index contributed by atoms with van der Waals surface area (Å²) < 4.78 is 0.608. The zero-order chi connectivity index (χ0) is 12.1. The average molecular weight is 332 g/mol. The maximum atomic E-state index is 11.0. The fraction of sp³-hybridized carbons (Fsp3) is 0.462. The van der Waals surface area contributed by atoms with Gasteiger partial charge in [0.25, 0.3) is 0 Å². The molecule has 0 saturated heterocycles. The lowest BCUT2D eigenvalue weighted by Crippen LogP contribution is -2.12. The predicted molar refractivity (Wildman–Crippen MR) is 74.2 cm³/mol. The molecule has 0 aliphatic carbocycles. The van der Waals surface area contributed by atoms with Crippen LogP contribution in [0.15, 0.2) is 24.3 Å². The van der Waals surface area contributed by atoms with Crippen LogP contribution in [0.3, 0.4) is 0 Å². The van der Waals surface area contributed by atoms with Gasteiger partial charge in [0.15, 0.2) is 0 Å². The third-order valence-corrected chi connectivity index (χ3v) is 3.36. The Kier molecular flexibility index (Phi) is 5.25. The number of alkyl halides is 1. The highest BCUT2D eigenvalue weighted by Gasteiger charge is 2.17. The van der Waals surface area contributed by atoms with E-state index in [1.54, 1.807) is 0 Å². The van der Waals surface area contributed by atoms with Crippen LogP contribution in [0.4, 0.5) is 0 Å². The Morgan fingerprint density at radius 2 is 1.88 bits per heavy atom. The lowest BCUT2D eigenvalue weighted by Gasteiger charge is -2.11. The second-order valence-electron chi connectivity index (χ2n) is 4.38. The van der Waals surface area contributed by atoms with Crippen molar-refractivity contribution >= 4 is 28.6 Å². The van der Waals surface area contributed by atoms with Gasteiger partial charge in [0.05, 0.1) is 5.92 Å². The van der Waals surface area contributed by atoms with Crippen molar-refractivity contribution in [2.75, 3.05) is 4.43 Å². The largest absolute Gasteiger partial charge is 0.481 e. The van der Waals surface area contributed by atoms with Crippen molar-refractivity contribution in [3.8, 4) is 0 Å². The Balaban J connectivity index is 2.81. The number of carboxylic acid groups (broad SMARTS) is 1. The van der Waals surface area contributed by atoms with E-state index in [2.05, 4.69) is 36.4 Å². The third kappa shape index (κ3) is 3.77. The van der Waals surface area contributed by atoms with Crippen LogP contribution in [0, 0.1) is 5.92 Å². The molecule has 0 aliphatic heterocycles. The predicted octanol–water partition coefficient (Wildman–Crippen LogP) is 3.49. The van der Waals surface area contributed by atoms with E-state index in [1.165, 1.54) is 5.56 Å². The summed E-state index contributed by atoms with van der Waals surface area (Å²) in [6.07, 6.45) is 1.04. The lowest BCUT2D eigenvalue weighted by molar-refractivity contribution is -0.138. The summed E-state index contributed by atoms with van der Waals surface area (Å²) >= 11 is 2.12. The molecule has 1 aromatic rings. The van der Waals surface area contributed by atoms with Crippen LogP contribution in [0.25, 0.3) is 0 Å². The molecule has 16 heavy (non-hydrogen) atoms. The number of carbonyl (C=O) groups is 1. The van der Waals surface area contributed by atoms with Gasteiger partial charge in [-0.3, -0.25) is 4.79 Å². The number of hydrogen-bond acceptors (Lipinski definition) is 1. The van der Waals surface area contributed by atoms with Gasteiger partial charge in [0.1, 0.15) is 0 Å². The monoisotopic (exact) mass is 332 g/mol. The molecular weight excluding hydrogens is 315 g/mol. The van der Waals surface area contributed by atoms with Crippen LogP contribution in [0.1, 0.15) is 30.9 Å². The highest BCUT2D eigenvalue weighted by atomic mass is 127. The van der Waals surface area contributed by atoms with Gasteiger partial charge in [0, 0.05) is 4.43 Å². The smallest absolute Gasteiger partial charge is 0.311 e. The van der Waals surface area contributed by atoms with E-state index in [9.17, 15) is 4.79 Å². The second-order valence-corrected chi connectivity index (χ2v) is 5.27. The van der Waals surface area contributed by atoms with Gasteiger partial charge in [0.2, 0.25) is 0 Å². The van der Waals surface area contributed by atoms with Crippen molar-refractivity contribution in [2.45, 2.75) is 26.2 Å². The minimum atomic E-state index is -0.744. The molecule has 1 unspecified atom stereocenters. The van der Waals surface area contributed by atoms with Gasteiger partial charge in [-0.1, -0.05) is 60.7 Å². The first-order valence-corrected chi connectivity index (χ1v) is 6.94. The summed E-state index contributed by atoms with van der Waals surface area (Å²) in [5.41, 5.74) is 2.17. The summed E-state index contributed by atoms with van der Waals surface area (Å²) in [5.74, 6) is -0.495. The van der Waals surface area contributed by atoms with E-state index in [-0.39, 0.29) is 5.92 Å². The first kappa shape index (κ1) is 13.5. The zero-order valence-corrected chi connectivity index (χ0v) is 11.8. The molecule has 0 amide bonds. The third-order valence-electron chi connectivity index (χ3n) is 2.48. The van der Waals surface area contributed by atoms with Crippen molar-refractivity contribution in [3.05, 3.63) is 35.4 Å². The zero-order valence-electron chi connectivity index (χ0n) is 9.61. The molecule has 1 atom stereocenters. The molecule has 2 nitrogen and oxygen atoms in total. The van der Waals surface area contributed by atoms with E-state index in [0.717, 1.165) is 12.0 Å². The van der Waals surface area contributed by atoms with E-state index < -0.39 is 5.97 Å². The molecule has 0 spiro atoms. The van der Waals surface area contributed by atoms with Gasteiger partial charge in [-0.15, -0.1) is 0 Å². The lowest BCUT2D eigenvalue weighted by atomic mass is 9.97. The molecule has 3 heteroatoms. The van der Waals surface area contributed by atoms with Crippen LogP contribution >= 0.6 is 22.6 Å². The standard InChI is InChI=1S/C13H17IO2/c1-9(2)7-10-3-5-11(6-4-10)12(8-14)13(15)16/h3-6,9,12H,7-8H2,1-2H3,(H,15,16). The normalized spacial score (nSPS) is 12.8. The van der Waals surface area contributed by atoms with Crippen molar-refractivity contribution < 1.29 is 9.90 Å². The summed E-state index contributed by atoms with van der Waals surface area (Å²) in [6.45, 7) is 4.36. The van der Waals surface area contributed by atoms with Gasteiger partial charge in [-0.2, -0.15) is 0 Å². The van der Waals surface area contributed by atoms with Crippen LogP contribution in [0.2, 0.25) is 0 Å². The Hall–Kier alpha value is -0.580. The second kappa shape index (κ2) is 6.23. The maximum Gasteiger partial charge on any atom is 0.311 e. The summed E-state index contributed by atoms with van der Waals surface area (Å²) in [6, 6.07) is 7.96.